The van der Waals surface area contributed by atoms with Gasteiger partial charge in [-0.3, -0.25) is 0 Å². The monoisotopic (exact) mass is 477 g/mol. The second kappa shape index (κ2) is 8.97. The fourth-order valence-corrected chi connectivity index (χ4v) is 6.43. The lowest BCUT2D eigenvalue weighted by molar-refractivity contribution is 0.165. The molecule has 6 nitrogen and oxygen atoms in total. The van der Waals surface area contributed by atoms with E-state index in [-0.39, 0.29) is 0 Å². The first-order valence-corrected chi connectivity index (χ1v) is 13.6. The highest BCUT2D eigenvalue weighted by Crippen LogP contribution is 2.38. The molecule has 2 saturated heterocycles. The summed E-state index contributed by atoms with van der Waals surface area (Å²) in [5.41, 5.74) is 9.14. The van der Waals surface area contributed by atoms with Crippen molar-refractivity contribution in [2.24, 2.45) is 0 Å². The molecule has 3 N–H and O–H groups in total. The lowest BCUT2D eigenvalue weighted by Gasteiger charge is -2.10. The van der Waals surface area contributed by atoms with Gasteiger partial charge in [0.25, 0.3) is 0 Å². The first-order valence-electron chi connectivity index (χ1n) is 13.6. The largest absolute Gasteiger partial charge is 0.427 e. The van der Waals surface area contributed by atoms with E-state index in [1.54, 1.807) is 0 Å². The zero-order chi connectivity index (χ0) is 24.1. The first kappa shape index (κ1) is 21.9. The van der Waals surface area contributed by atoms with Crippen LogP contribution in [0.5, 0.6) is 0 Å². The van der Waals surface area contributed by atoms with E-state index in [4.69, 9.17) is 4.98 Å². The van der Waals surface area contributed by atoms with Gasteiger partial charge in [-0.1, -0.05) is 61.6 Å². The van der Waals surface area contributed by atoms with Crippen LogP contribution in [0.4, 0.5) is 0 Å². The van der Waals surface area contributed by atoms with Crippen LogP contribution in [0.1, 0.15) is 66.9 Å². The Balaban J connectivity index is 1.17. The summed E-state index contributed by atoms with van der Waals surface area (Å²) in [6.45, 7) is 1.07. The molecule has 7 rings (SSSR count). The molecule has 2 fully saturated rings. The van der Waals surface area contributed by atoms with Gasteiger partial charge in [0.15, 0.2) is 0 Å². The number of aryl methyl sites for hydroxylation is 1. The minimum Gasteiger partial charge on any atom is -0.427 e. The van der Waals surface area contributed by atoms with Crippen LogP contribution >= 0.6 is 0 Å². The van der Waals surface area contributed by atoms with E-state index in [1.165, 1.54) is 46.1 Å². The zero-order valence-electron chi connectivity index (χ0n) is 20.6. The van der Waals surface area contributed by atoms with Gasteiger partial charge in [-0.2, -0.15) is 4.73 Å². The van der Waals surface area contributed by atoms with E-state index in [2.05, 4.69) is 57.7 Å². The molecule has 36 heavy (non-hydrogen) atoms. The van der Waals surface area contributed by atoms with Gasteiger partial charge in [0, 0.05) is 5.56 Å². The molecule has 2 aromatic heterocycles. The maximum absolute atomic E-state index is 10.9. The minimum absolute atomic E-state index is 0.351. The summed E-state index contributed by atoms with van der Waals surface area (Å²) in [4.78, 5) is 13.1. The SMILES string of the molecule is On1c([C@H]2BCCC2)nc2c1CCCc1cc(-c3ccc(-c4cnc([C@@H]5CCCN5)[nH]4)cc3)ccc1-2. The molecule has 7 heteroatoms. The predicted molar refractivity (Wildman–Crippen MR) is 144 cm³/mol. The van der Waals surface area contributed by atoms with E-state index >= 15 is 0 Å². The minimum atomic E-state index is 0.351. The molecule has 0 radical (unpaired) electrons. The average molecular weight is 477 g/mol. The molecule has 182 valence electrons. The van der Waals surface area contributed by atoms with Gasteiger partial charge < -0.3 is 15.5 Å². The van der Waals surface area contributed by atoms with Gasteiger partial charge in [-0.05, 0) is 66.7 Å². The summed E-state index contributed by atoms with van der Waals surface area (Å²) >= 11 is 0. The average Bonchev–Trinajstić information content (AvgIpc) is 3.71. The number of aromatic nitrogens is 4. The van der Waals surface area contributed by atoms with Crippen molar-refractivity contribution >= 4 is 7.28 Å². The standard InChI is InChI=1S/C29H32BN5O/c36-35-26-7-1-4-21-16-20(12-13-22(21)27(26)34-29(35)23-5-2-14-30-23)18-8-10-19(11-9-18)25-17-32-28(33-25)24-6-3-15-31-24/h8-13,16-17,23-24,30-31,36H,1-7,14-15H2,(H,32,33)/t23-,24-/m0/s1. The Morgan fingerprint density at radius 1 is 0.944 bits per heavy atom. The fraction of sp³-hybridized carbons (Fsp3) is 0.379. The quantitative estimate of drug-likeness (QED) is 0.270. The highest BCUT2D eigenvalue weighted by Gasteiger charge is 2.29. The number of rotatable bonds is 4. The number of nitrogens with zero attached hydrogens (tertiary/aromatic N) is 3. The van der Waals surface area contributed by atoms with Gasteiger partial charge >= 0.3 is 0 Å². The van der Waals surface area contributed by atoms with Crippen molar-refractivity contribution in [3.05, 3.63) is 71.6 Å². The lowest BCUT2D eigenvalue weighted by atomic mass is 9.67. The van der Waals surface area contributed by atoms with Gasteiger partial charge in [-0.15, -0.1) is 0 Å². The summed E-state index contributed by atoms with van der Waals surface area (Å²) in [7, 11) is 1.13. The highest BCUT2D eigenvalue weighted by atomic mass is 16.5. The Morgan fingerprint density at radius 3 is 2.61 bits per heavy atom. The molecule has 3 aliphatic rings. The van der Waals surface area contributed by atoms with Crippen molar-refractivity contribution in [2.45, 2.75) is 63.1 Å². The van der Waals surface area contributed by atoms with Crippen molar-refractivity contribution in [1.82, 2.24) is 25.0 Å². The lowest BCUT2D eigenvalue weighted by Crippen LogP contribution is -2.14. The van der Waals surface area contributed by atoms with Crippen LogP contribution in [0.25, 0.3) is 33.6 Å². The molecule has 2 aliphatic heterocycles. The number of hydrogen-bond donors (Lipinski definition) is 3. The van der Waals surface area contributed by atoms with Crippen LogP contribution in [-0.2, 0) is 12.8 Å². The Morgan fingerprint density at radius 2 is 1.81 bits per heavy atom. The second-order valence-electron chi connectivity index (χ2n) is 10.7. The summed E-state index contributed by atoms with van der Waals surface area (Å²) in [6, 6.07) is 15.9. The Hall–Kier alpha value is -3.32. The van der Waals surface area contributed by atoms with Crippen LogP contribution in [0.3, 0.4) is 0 Å². The molecule has 2 aromatic carbocycles. The third kappa shape index (κ3) is 3.77. The Kier molecular flexibility index (Phi) is 5.46. The van der Waals surface area contributed by atoms with Crippen molar-refractivity contribution in [2.75, 3.05) is 6.54 Å². The van der Waals surface area contributed by atoms with Crippen LogP contribution < -0.4 is 5.32 Å². The van der Waals surface area contributed by atoms with Crippen molar-refractivity contribution < 1.29 is 5.21 Å². The summed E-state index contributed by atoms with van der Waals surface area (Å²) in [6.07, 6.45) is 10.8. The van der Waals surface area contributed by atoms with Gasteiger partial charge in [-0.25, -0.2) is 9.97 Å². The molecule has 0 spiro atoms. The number of fused-ring (bicyclic) bond motifs is 3. The van der Waals surface area contributed by atoms with Crippen molar-refractivity contribution in [1.29, 1.82) is 0 Å². The molecule has 0 amide bonds. The number of hydrogen-bond acceptors (Lipinski definition) is 4. The third-order valence-corrected chi connectivity index (χ3v) is 8.43. The van der Waals surface area contributed by atoms with Crippen LogP contribution in [0.2, 0.25) is 6.32 Å². The van der Waals surface area contributed by atoms with Crippen molar-refractivity contribution in [3.8, 4) is 33.6 Å². The van der Waals surface area contributed by atoms with Gasteiger partial charge in [0.1, 0.15) is 18.9 Å². The molecule has 0 unspecified atom stereocenters. The van der Waals surface area contributed by atoms with Gasteiger partial charge in [0.05, 0.1) is 29.3 Å². The normalized spacial score (nSPS) is 21.1. The topological polar surface area (TPSA) is 78.8 Å². The van der Waals surface area contributed by atoms with E-state index < -0.39 is 0 Å². The van der Waals surface area contributed by atoms with E-state index in [1.807, 2.05) is 6.20 Å². The molecule has 0 bridgehead atoms. The molecule has 1 aliphatic carbocycles. The van der Waals surface area contributed by atoms with Crippen molar-refractivity contribution in [3.63, 3.8) is 0 Å². The molecule has 2 atom stereocenters. The van der Waals surface area contributed by atoms with E-state index in [9.17, 15) is 5.21 Å². The number of benzene rings is 2. The summed E-state index contributed by atoms with van der Waals surface area (Å²) in [5.74, 6) is 2.30. The fourth-order valence-electron chi connectivity index (χ4n) is 6.43. The number of H-pyrrole nitrogens is 1. The zero-order valence-corrected chi connectivity index (χ0v) is 20.6. The molecular formula is C29H32BN5O. The highest BCUT2D eigenvalue weighted by molar-refractivity contribution is 6.38. The smallest absolute Gasteiger partial charge is 0.141 e. The summed E-state index contributed by atoms with van der Waals surface area (Å²) < 4.78 is 1.43. The maximum atomic E-state index is 10.9. The number of nitrogens with one attached hydrogen (secondary N) is 2. The second-order valence-corrected chi connectivity index (χ2v) is 10.7. The molecule has 4 heterocycles. The Bertz CT molecular complexity index is 1390. The Labute approximate surface area is 212 Å². The molecule has 4 aromatic rings. The maximum Gasteiger partial charge on any atom is 0.141 e. The first-order chi connectivity index (χ1) is 17.7. The van der Waals surface area contributed by atoms with Crippen LogP contribution in [0, 0.1) is 0 Å². The summed E-state index contributed by atoms with van der Waals surface area (Å²) in [5, 5.41) is 14.5. The number of imidazole rings is 2. The van der Waals surface area contributed by atoms with E-state index in [0.717, 1.165) is 80.2 Å². The third-order valence-electron chi connectivity index (χ3n) is 8.43. The van der Waals surface area contributed by atoms with E-state index in [0.29, 0.717) is 11.9 Å². The molecular weight excluding hydrogens is 445 g/mol. The van der Waals surface area contributed by atoms with Crippen LogP contribution in [-0.4, -0.2) is 38.7 Å². The van der Waals surface area contributed by atoms with Crippen LogP contribution in [0.15, 0.2) is 48.7 Å². The predicted octanol–water partition coefficient (Wildman–Crippen LogP) is 5.45. The molecule has 0 saturated carbocycles. The van der Waals surface area contributed by atoms with Gasteiger partial charge in [0.2, 0.25) is 0 Å². The number of aromatic amines is 1.